The van der Waals surface area contributed by atoms with Gasteiger partial charge in [-0.2, -0.15) is 0 Å². The molecule has 10 heteroatoms. The molecule has 5 N–H and O–H groups in total. The molecule has 0 unspecified atom stereocenters. The third-order valence-corrected chi connectivity index (χ3v) is 5.76. The molecule has 3 atom stereocenters. The Labute approximate surface area is 193 Å². The zero-order chi connectivity index (χ0) is 24.2. The van der Waals surface area contributed by atoms with E-state index in [-0.39, 0.29) is 13.0 Å². The van der Waals surface area contributed by atoms with Gasteiger partial charge in [-0.1, -0.05) is 36.8 Å². The number of rotatable bonds is 15. The van der Waals surface area contributed by atoms with Gasteiger partial charge in [-0.25, -0.2) is 4.79 Å². The molecule has 1 aliphatic heterocycles. The first-order valence-corrected chi connectivity index (χ1v) is 11.3. The molecule has 1 saturated heterocycles. The molecule has 182 valence electrons. The number of nitrogens with one attached hydrogen (secondary N) is 2. The lowest BCUT2D eigenvalue weighted by Crippen LogP contribution is -2.54. The van der Waals surface area contributed by atoms with Crippen LogP contribution in [0.25, 0.3) is 0 Å². The maximum atomic E-state index is 13.2. The highest BCUT2D eigenvalue weighted by molar-refractivity contribution is 5.88. The molecular weight excluding hydrogens is 430 g/mol. The van der Waals surface area contributed by atoms with Crippen molar-refractivity contribution in [3.05, 3.63) is 35.9 Å². The maximum Gasteiger partial charge on any atom is 0.326 e. The quantitative estimate of drug-likeness (QED) is 0.239. The number of carbonyl (C=O) groups excluding carboxylic acids is 1. The van der Waals surface area contributed by atoms with E-state index >= 15 is 0 Å². The second-order valence-electron chi connectivity index (χ2n) is 8.23. The van der Waals surface area contributed by atoms with Gasteiger partial charge in [0.25, 0.3) is 0 Å². The third kappa shape index (κ3) is 8.82. The zero-order valence-corrected chi connectivity index (χ0v) is 18.6. The van der Waals surface area contributed by atoms with E-state index in [4.69, 9.17) is 5.11 Å². The molecule has 2 rings (SSSR count). The summed E-state index contributed by atoms with van der Waals surface area (Å²) in [6, 6.07) is 6.76. The summed E-state index contributed by atoms with van der Waals surface area (Å²) in [7, 11) is 0. The molecule has 0 aromatic heterocycles. The van der Waals surface area contributed by atoms with E-state index in [0.717, 1.165) is 5.56 Å². The maximum absolute atomic E-state index is 13.2. The van der Waals surface area contributed by atoms with Crippen molar-refractivity contribution in [1.29, 1.82) is 0 Å². The first kappa shape index (κ1) is 26.3. The summed E-state index contributed by atoms with van der Waals surface area (Å²) in [5.74, 6) is -3.48. The molecule has 0 saturated carbocycles. The monoisotopic (exact) mass is 463 g/mol. The van der Waals surface area contributed by atoms with Crippen LogP contribution in [0.1, 0.15) is 44.1 Å². The largest absolute Gasteiger partial charge is 0.480 e. The average molecular weight is 464 g/mol. The Morgan fingerprint density at radius 3 is 2.36 bits per heavy atom. The van der Waals surface area contributed by atoms with Gasteiger partial charge in [-0.05, 0) is 50.6 Å². The molecule has 1 fully saturated rings. The second kappa shape index (κ2) is 13.5. The summed E-state index contributed by atoms with van der Waals surface area (Å²) in [5.41, 5.74) is 0.989. The highest BCUT2D eigenvalue weighted by atomic mass is 16.4. The molecule has 1 amide bonds. The summed E-state index contributed by atoms with van der Waals surface area (Å²) in [6.07, 6.45) is 3.24. The highest BCUT2D eigenvalue weighted by Gasteiger charge is 2.38. The number of aryl methyl sites for hydroxylation is 1. The Hall–Kier alpha value is -2.98. The number of hydrogen-bond acceptors (Lipinski definition) is 6. The number of unbranched alkanes of at least 4 members (excludes halogenated alkanes) is 1. The normalized spacial score (nSPS) is 17.5. The SMILES string of the molecule is O=C(O)CNCCCC[C@H](N[C@@H](CCc1ccccc1)C(=O)O)C(=O)N1CCC[C@H]1C(=O)O. The van der Waals surface area contributed by atoms with Gasteiger partial charge in [-0.15, -0.1) is 0 Å². The van der Waals surface area contributed by atoms with E-state index in [1.807, 2.05) is 30.3 Å². The van der Waals surface area contributed by atoms with Gasteiger partial charge in [0.05, 0.1) is 12.6 Å². The van der Waals surface area contributed by atoms with E-state index in [1.54, 1.807) is 0 Å². The highest BCUT2D eigenvalue weighted by Crippen LogP contribution is 2.20. The molecule has 0 bridgehead atoms. The molecule has 0 spiro atoms. The standard InChI is InChI=1S/C23H33N3O7/c27-20(28)15-24-13-5-4-9-17(21(29)26-14-6-10-19(26)23(32)33)25-18(22(30)31)12-11-16-7-2-1-3-8-16/h1-3,7-8,17-19,24-25H,4-6,9-15H2,(H,27,28)(H,30,31)(H,32,33)/t17-,18-,19-/m0/s1. The predicted molar refractivity (Wildman–Crippen MR) is 120 cm³/mol. The van der Waals surface area contributed by atoms with Crippen LogP contribution in [0.4, 0.5) is 0 Å². The number of hydrogen-bond donors (Lipinski definition) is 5. The van der Waals surface area contributed by atoms with Crippen molar-refractivity contribution in [2.24, 2.45) is 0 Å². The molecule has 1 aromatic rings. The van der Waals surface area contributed by atoms with Crippen LogP contribution in [-0.4, -0.2) is 81.8 Å². The van der Waals surface area contributed by atoms with E-state index in [0.29, 0.717) is 51.6 Å². The van der Waals surface area contributed by atoms with Crippen molar-refractivity contribution in [1.82, 2.24) is 15.5 Å². The number of carbonyl (C=O) groups is 4. The van der Waals surface area contributed by atoms with E-state index in [1.165, 1.54) is 4.90 Å². The number of benzene rings is 1. The molecular formula is C23H33N3O7. The minimum Gasteiger partial charge on any atom is -0.480 e. The molecule has 1 heterocycles. The van der Waals surface area contributed by atoms with Crippen LogP contribution in [-0.2, 0) is 25.6 Å². The lowest BCUT2D eigenvalue weighted by molar-refractivity contribution is -0.149. The van der Waals surface area contributed by atoms with Crippen LogP contribution in [0, 0.1) is 0 Å². The second-order valence-corrected chi connectivity index (χ2v) is 8.23. The number of carboxylic acids is 3. The smallest absolute Gasteiger partial charge is 0.326 e. The number of nitrogens with zero attached hydrogens (tertiary/aromatic N) is 1. The van der Waals surface area contributed by atoms with Gasteiger partial charge in [-0.3, -0.25) is 19.7 Å². The molecule has 0 aliphatic carbocycles. The fourth-order valence-corrected chi connectivity index (χ4v) is 4.04. The van der Waals surface area contributed by atoms with Crippen molar-refractivity contribution in [2.75, 3.05) is 19.6 Å². The fraction of sp³-hybridized carbons (Fsp3) is 0.565. The Kier molecular flexibility index (Phi) is 10.8. The molecule has 1 aromatic carbocycles. The zero-order valence-electron chi connectivity index (χ0n) is 18.6. The van der Waals surface area contributed by atoms with Crippen LogP contribution in [0.5, 0.6) is 0 Å². The first-order valence-electron chi connectivity index (χ1n) is 11.3. The van der Waals surface area contributed by atoms with Gasteiger partial charge in [0.1, 0.15) is 12.1 Å². The molecule has 0 radical (unpaired) electrons. The average Bonchev–Trinajstić information content (AvgIpc) is 3.27. The van der Waals surface area contributed by atoms with E-state index < -0.39 is 41.9 Å². The fourth-order valence-electron chi connectivity index (χ4n) is 4.04. The van der Waals surface area contributed by atoms with Crippen molar-refractivity contribution in [2.45, 2.75) is 63.1 Å². The minimum absolute atomic E-state index is 0.157. The summed E-state index contributed by atoms with van der Waals surface area (Å²) in [5, 5.41) is 33.6. The Morgan fingerprint density at radius 1 is 1.00 bits per heavy atom. The third-order valence-electron chi connectivity index (χ3n) is 5.76. The van der Waals surface area contributed by atoms with Crippen molar-refractivity contribution < 1.29 is 34.5 Å². The van der Waals surface area contributed by atoms with Crippen LogP contribution in [0.15, 0.2) is 30.3 Å². The first-order chi connectivity index (χ1) is 15.8. The number of likely N-dealkylation sites (tertiary alicyclic amines) is 1. The van der Waals surface area contributed by atoms with Gasteiger partial charge < -0.3 is 25.5 Å². The van der Waals surface area contributed by atoms with Crippen molar-refractivity contribution >= 4 is 23.8 Å². The Bertz CT molecular complexity index is 803. The van der Waals surface area contributed by atoms with Gasteiger partial charge in [0.15, 0.2) is 0 Å². The lowest BCUT2D eigenvalue weighted by Gasteiger charge is -2.29. The summed E-state index contributed by atoms with van der Waals surface area (Å²) in [6.45, 7) is 0.621. The van der Waals surface area contributed by atoms with Crippen LogP contribution >= 0.6 is 0 Å². The van der Waals surface area contributed by atoms with E-state index in [2.05, 4.69) is 10.6 Å². The number of aliphatic carboxylic acids is 3. The van der Waals surface area contributed by atoms with Crippen LogP contribution < -0.4 is 10.6 Å². The summed E-state index contributed by atoms with van der Waals surface area (Å²) < 4.78 is 0. The van der Waals surface area contributed by atoms with Crippen molar-refractivity contribution in [3.63, 3.8) is 0 Å². The Morgan fingerprint density at radius 2 is 1.73 bits per heavy atom. The van der Waals surface area contributed by atoms with Crippen LogP contribution in [0.2, 0.25) is 0 Å². The molecule has 10 nitrogen and oxygen atoms in total. The summed E-state index contributed by atoms with van der Waals surface area (Å²) >= 11 is 0. The lowest BCUT2D eigenvalue weighted by atomic mass is 10.0. The number of amides is 1. The Balaban J connectivity index is 2.03. The summed E-state index contributed by atoms with van der Waals surface area (Å²) in [4.78, 5) is 48.6. The van der Waals surface area contributed by atoms with Gasteiger partial charge in [0, 0.05) is 6.54 Å². The van der Waals surface area contributed by atoms with Crippen molar-refractivity contribution in [3.8, 4) is 0 Å². The van der Waals surface area contributed by atoms with Gasteiger partial charge in [0.2, 0.25) is 5.91 Å². The molecule has 33 heavy (non-hydrogen) atoms. The van der Waals surface area contributed by atoms with Crippen LogP contribution in [0.3, 0.4) is 0 Å². The topological polar surface area (TPSA) is 156 Å². The van der Waals surface area contributed by atoms with E-state index in [9.17, 15) is 29.4 Å². The van der Waals surface area contributed by atoms with Gasteiger partial charge >= 0.3 is 17.9 Å². The number of carboxylic acid groups (broad SMARTS) is 3. The minimum atomic E-state index is -1.07. The predicted octanol–water partition coefficient (Wildman–Crippen LogP) is 0.951. The molecule has 1 aliphatic rings.